The van der Waals surface area contributed by atoms with Gasteiger partial charge in [-0.25, -0.2) is 9.97 Å². The largest absolute Gasteiger partial charge is 0.468 e. The third-order valence-corrected chi connectivity index (χ3v) is 6.89. The predicted octanol–water partition coefficient (Wildman–Crippen LogP) is 7.49. The minimum atomic E-state index is -0.934. The van der Waals surface area contributed by atoms with Gasteiger partial charge in [-0.3, -0.25) is 4.79 Å². The molecule has 6 nitrogen and oxygen atoms in total. The van der Waals surface area contributed by atoms with Gasteiger partial charge < -0.3 is 14.8 Å². The number of carbonyl (C=O) groups is 1. The van der Waals surface area contributed by atoms with Gasteiger partial charge in [0.15, 0.2) is 5.13 Å². The lowest BCUT2D eigenvalue weighted by Crippen LogP contribution is -2.31. The lowest BCUT2D eigenvalue weighted by molar-refractivity contribution is -0.146. The zero-order chi connectivity index (χ0) is 25.9. The lowest BCUT2D eigenvalue weighted by atomic mass is 9.86. The first-order valence-electron chi connectivity index (χ1n) is 11.8. The van der Waals surface area contributed by atoms with Crippen LogP contribution in [0, 0.1) is 0 Å². The maximum absolute atomic E-state index is 12.6. The number of anilines is 2. The molecule has 2 aromatic carbocycles. The van der Waals surface area contributed by atoms with Crippen LogP contribution in [0.15, 0.2) is 72.9 Å². The third kappa shape index (κ3) is 5.26. The number of esters is 1. The molecule has 0 fully saturated rings. The summed E-state index contributed by atoms with van der Waals surface area (Å²) in [7, 11) is 1.40. The molecule has 36 heavy (non-hydrogen) atoms. The van der Waals surface area contributed by atoms with Gasteiger partial charge in [-0.15, -0.1) is 0 Å². The van der Waals surface area contributed by atoms with Gasteiger partial charge in [0.1, 0.15) is 16.9 Å². The fourth-order valence-corrected chi connectivity index (χ4v) is 5.04. The quantitative estimate of drug-likeness (QED) is 0.265. The number of rotatable bonds is 7. The molecule has 0 aliphatic heterocycles. The number of ether oxygens (including phenoxy) is 2. The molecule has 2 heterocycles. The Bertz CT molecular complexity index is 1360. The smallest absolute Gasteiger partial charge is 0.317 e. The van der Waals surface area contributed by atoms with E-state index in [1.165, 1.54) is 18.4 Å². The van der Waals surface area contributed by atoms with Gasteiger partial charge in [0.25, 0.3) is 0 Å². The number of benzene rings is 2. The average Bonchev–Trinajstić information content (AvgIpc) is 3.29. The van der Waals surface area contributed by atoms with E-state index in [1.54, 1.807) is 6.20 Å². The molecule has 7 heteroatoms. The molecule has 0 aliphatic carbocycles. The molecule has 0 saturated carbocycles. The first-order chi connectivity index (χ1) is 17.1. The molecule has 0 aliphatic rings. The van der Waals surface area contributed by atoms with Gasteiger partial charge in [-0.05, 0) is 43.0 Å². The van der Waals surface area contributed by atoms with Crippen molar-refractivity contribution >= 4 is 28.1 Å². The minimum Gasteiger partial charge on any atom is -0.468 e. The van der Waals surface area contributed by atoms with Crippen LogP contribution >= 0.6 is 11.3 Å². The number of aromatic nitrogens is 2. The van der Waals surface area contributed by atoms with Crippen molar-refractivity contribution in [3.8, 4) is 22.1 Å². The Morgan fingerprint density at radius 1 is 0.917 bits per heavy atom. The fraction of sp³-hybridized carbons (Fsp3) is 0.276. The van der Waals surface area contributed by atoms with Gasteiger partial charge in [-0.2, -0.15) is 0 Å². The number of hydrogen-bond donors (Lipinski definition) is 1. The molecule has 4 aromatic rings. The molecular formula is C29H31N3O3S. The van der Waals surface area contributed by atoms with E-state index in [1.807, 2.05) is 74.5 Å². The van der Waals surface area contributed by atoms with Crippen LogP contribution in [0.2, 0.25) is 0 Å². The van der Waals surface area contributed by atoms with E-state index in [-0.39, 0.29) is 11.4 Å². The summed E-state index contributed by atoms with van der Waals surface area (Å²) in [5.74, 6) is 0.850. The van der Waals surface area contributed by atoms with E-state index in [2.05, 4.69) is 37.1 Å². The maximum atomic E-state index is 12.6. The second-order valence-electron chi connectivity index (χ2n) is 10.0. The average molecular weight is 502 g/mol. The summed E-state index contributed by atoms with van der Waals surface area (Å²) in [6.45, 7) is 10.1. The summed E-state index contributed by atoms with van der Waals surface area (Å²) >= 11 is 1.47. The van der Waals surface area contributed by atoms with Gasteiger partial charge in [0.2, 0.25) is 5.88 Å². The van der Waals surface area contributed by atoms with Crippen LogP contribution in [-0.4, -0.2) is 23.0 Å². The van der Waals surface area contributed by atoms with Crippen molar-refractivity contribution in [3.63, 3.8) is 0 Å². The van der Waals surface area contributed by atoms with Gasteiger partial charge >= 0.3 is 5.97 Å². The van der Waals surface area contributed by atoms with E-state index in [9.17, 15) is 4.79 Å². The van der Waals surface area contributed by atoms with E-state index in [4.69, 9.17) is 14.5 Å². The molecule has 4 rings (SSSR count). The number of pyridine rings is 1. The van der Waals surface area contributed by atoms with Crippen LogP contribution in [-0.2, 0) is 20.4 Å². The zero-order valence-corrected chi connectivity index (χ0v) is 22.3. The first kappa shape index (κ1) is 25.4. The van der Waals surface area contributed by atoms with Crippen molar-refractivity contribution in [1.29, 1.82) is 0 Å². The van der Waals surface area contributed by atoms with E-state index < -0.39 is 5.41 Å². The van der Waals surface area contributed by atoms with Gasteiger partial charge in [-0.1, -0.05) is 80.6 Å². The van der Waals surface area contributed by atoms with Crippen molar-refractivity contribution in [1.82, 2.24) is 9.97 Å². The highest BCUT2D eigenvalue weighted by Crippen LogP contribution is 2.42. The van der Waals surface area contributed by atoms with Gasteiger partial charge in [0.05, 0.1) is 17.7 Å². The standard InChI is InChI=1S/C29H31N3O3S/c1-28(2,3)20-15-10-11-17-22(20)35-25-21(16-12-18-30-25)31-27-32-24(29(4,5)26(33)34-6)23(36-27)19-13-8-7-9-14-19/h7-18H,1-6H3,(H,31,32). The molecule has 0 atom stereocenters. The molecule has 2 aromatic heterocycles. The van der Waals surface area contributed by atoms with Crippen molar-refractivity contribution < 1.29 is 14.3 Å². The van der Waals surface area contributed by atoms with Gasteiger partial charge in [0, 0.05) is 11.8 Å². The fourth-order valence-electron chi connectivity index (χ4n) is 3.90. The molecule has 0 radical (unpaired) electrons. The Labute approximate surface area is 216 Å². The number of nitrogens with zero attached hydrogens (tertiary/aromatic N) is 2. The molecule has 0 saturated heterocycles. The molecule has 0 bridgehead atoms. The second kappa shape index (κ2) is 10.1. The molecule has 1 N–H and O–H groups in total. The Morgan fingerprint density at radius 2 is 1.61 bits per heavy atom. The highest BCUT2D eigenvalue weighted by Gasteiger charge is 2.37. The Kier molecular flexibility index (Phi) is 7.13. The highest BCUT2D eigenvalue weighted by atomic mass is 32.1. The number of para-hydroxylation sites is 1. The Balaban J connectivity index is 1.73. The summed E-state index contributed by atoms with van der Waals surface area (Å²) in [6.07, 6.45) is 1.70. The number of nitrogens with one attached hydrogen (secondary N) is 1. The number of methoxy groups -OCH3 is 1. The molecule has 0 unspecified atom stereocenters. The second-order valence-corrected chi connectivity index (χ2v) is 11.0. The van der Waals surface area contributed by atoms with Crippen LogP contribution in [0.1, 0.15) is 45.9 Å². The highest BCUT2D eigenvalue weighted by molar-refractivity contribution is 7.19. The monoisotopic (exact) mass is 501 g/mol. The van der Waals surface area contributed by atoms with Crippen molar-refractivity contribution in [2.75, 3.05) is 12.4 Å². The first-order valence-corrected chi connectivity index (χ1v) is 12.6. The molecule has 0 amide bonds. The SMILES string of the molecule is COC(=O)C(C)(C)c1nc(Nc2cccnc2Oc2ccccc2C(C)(C)C)sc1-c1ccccc1. The summed E-state index contributed by atoms with van der Waals surface area (Å²) in [4.78, 5) is 22.9. The number of thiazole rings is 1. The number of carbonyl (C=O) groups excluding carboxylic acids is 1. The van der Waals surface area contributed by atoms with E-state index in [0.29, 0.717) is 22.4 Å². The van der Waals surface area contributed by atoms with Crippen molar-refractivity contribution in [2.24, 2.45) is 0 Å². The molecule has 186 valence electrons. The van der Waals surface area contributed by atoms with Crippen LogP contribution in [0.3, 0.4) is 0 Å². The Hall–Kier alpha value is -3.71. The van der Waals surface area contributed by atoms with E-state index in [0.717, 1.165) is 21.8 Å². The summed E-state index contributed by atoms with van der Waals surface area (Å²) in [6, 6.07) is 21.6. The zero-order valence-electron chi connectivity index (χ0n) is 21.5. The Morgan fingerprint density at radius 3 is 2.31 bits per heavy atom. The number of hydrogen-bond acceptors (Lipinski definition) is 7. The summed E-state index contributed by atoms with van der Waals surface area (Å²) in [5.41, 5.74) is 2.37. The van der Waals surface area contributed by atoms with E-state index >= 15 is 0 Å². The summed E-state index contributed by atoms with van der Waals surface area (Å²) in [5, 5.41) is 4.01. The topological polar surface area (TPSA) is 73.3 Å². The maximum Gasteiger partial charge on any atom is 0.317 e. The van der Waals surface area contributed by atoms with Crippen molar-refractivity contribution in [2.45, 2.75) is 45.4 Å². The lowest BCUT2D eigenvalue weighted by Gasteiger charge is -2.22. The normalized spacial score (nSPS) is 11.7. The van der Waals surface area contributed by atoms with Crippen LogP contribution < -0.4 is 10.1 Å². The van der Waals surface area contributed by atoms with Crippen LogP contribution in [0.25, 0.3) is 10.4 Å². The molecular weight excluding hydrogens is 470 g/mol. The van der Waals surface area contributed by atoms with Crippen LogP contribution in [0.5, 0.6) is 11.6 Å². The van der Waals surface area contributed by atoms with Crippen LogP contribution in [0.4, 0.5) is 10.8 Å². The predicted molar refractivity (Wildman–Crippen MR) is 145 cm³/mol. The minimum absolute atomic E-state index is 0.0901. The third-order valence-electron chi connectivity index (χ3n) is 5.87. The van der Waals surface area contributed by atoms with Crippen molar-refractivity contribution in [3.05, 3.63) is 84.2 Å². The molecule has 0 spiro atoms. The summed E-state index contributed by atoms with van der Waals surface area (Å²) < 4.78 is 11.4.